The Morgan fingerprint density at radius 3 is 2.79 bits per heavy atom. The van der Waals surface area contributed by atoms with E-state index in [2.05, 4.69) is 41.4 Å². The van der Waals surface area contributed by atoms with Gasteiger partial charge in [-0.05, 0) is 21.0 Å². The lowest BCUT2D eigenvalue weighted by molar-refractivity contribution is 0.384. The first-order valence-electron chi connectivity index (χ1n) is 4.83. The Kier molecular flexibility index (Phi) is 4.03. The molecule has 0 aliphatic heterocycles. The van der Waals surface area contributed by atoms with Crippen LogP contribution in [0.2, 0.25) is 0 Å². The van der Waals surface area contributed by atoms with E-state index in [1.54, 1.807) is 6.33 Å². The fourth-order valence-corrected chi connectivity index (χ4v) is 1.28. The standard InChI is InChI=1S/C9H19N5/c1-8(10-5-6-13(2)3)9-12-11-7-14(9)4/h7-8,10H,5-6H2,1-4H3. The van der Waals surface area contributed by atoms with Crippen molar-refractivity contribution in [3.8, 4) is 0 Å². The molecule has 0 bridgehead atoms. The predicted molar refractivity (Wildman–Crippen MR) is 56.0 cm³/mol. The van der Waals surface area contributed by atoms with Gasteiger partial charge in [-0.15, -0.1) is 10.2 Å². The molecule has 0 radical (unpaired) electrons. The highest BCUT2D eigenvalue weighted by molar-refractivity contribution is 4.91. The summed E-state index contributed by atoms with van der Waals surface area (Å²) in [5.74, 6) is 0.976. The van der Waals surface area contributed by atoms with Crippen LogP contribution in [0.25, 0.3) is 0 Å². The van der Waals surface area contributed by atoms with Gasteiger partial charge in [0.2, 0.25) is 0 Å². The van der Waals surface area contributed by atoms with E-state index >= 15 is 0 Å². The molecule has 0 saturated heterocycles. The number of hydrogen-bond acceptors (Lipinski definition) is 4. The molecule has 1 atom stereocenters. The number of aryl methyl sites for hydroxylation is 1. The van der Waals surface area contributed by atoms with E-state index in [4.69, 9.17) is 0 Å². The molecule has 0 aromatic carbocycles. The van der Waals surface area contributed by atoms with Gasteiger partial charge in [-0.2, -0.15) is 0 Å². The van der Waals surface area contributed by atoms with Gasteiger partial charge >= 0.3 is 0 Å². The average molecular weight is 197 g/mol. The van der Waals surface area contributed by atoms with Crippen molar-refractivity contribution >= 4 is 0 Å². The van der Waals surface area contributed by atoms with Crippen molar-refractivity contribution in [2.45, 2.75) is 13.0 Å². The minimum atomic E-state index is 0.252. The summed E-state index contributed by atoms with van der Waals surface area (Å²) >= 11 is 0. The molecule has 1 heterocycles. The van der Waals surface area contributed by atoms with Crippen LogP contribution in [0.5, 0.6) is 0 Å². The first-order valence-corrected chi connectivity index (χ1v) is 4.83. The molecule has 1 aromatic rings. The van der Waals surface area contributed by atoms with E-state index < -0.39 is 0 Å². The molecular weight excluding hydrogens is 178 g/mol. The van der Waals surface area contributed by atoms with Gasteiger partial charge in [0.05, 0.1) is 6.04 Å². The molecule has 1 rings (SSSR count). The van der Waals surface area contributed by atoms with Crippen LogP contribution in [0, 0.1) is 0 Å². The normalized spacial score (nSPS) is 13.5. The highest BCUT2D eigenvalue weighted by Crippen LogP contribution is 2.05. The maximum atomic E-state index is 4.05. The van der Waals surface area contributed by atoms with Crippen LogP contribution >= 0.6 is 0 Å². The van der Waals surface area contributed by atoms with E-state index in [1.165, 1.54) is 0 Å². The summed E-state index contributed by atoms with van der Waals surface area (Å²) in [5, 5.41) is 11.3. The molecule has 0 amide bonds. The maximum Gasteiger partial charge on any atom is 0.149 e. The Morgan fingerprint density at radius 1 is 1.57 bits per heavy atom. The van der Waals surface area contributed by atoms with Crippen LogP contribution in [0.4, 0.5) is 0 Å². The van der Waals surface area contributed by atoms with Crippen LogP contribution in [0.3, 0.4) is 0 Å². The van der Waals surface area contributed by atoms with Crippen LogP contribution in [0.15, 0.2) is 6.33 Å². The molecule has 1 aromatic heterocycles. The van der Waals surface area contributed by atoms with Crippen LogP contribution < -0.4 is 5.32 Å². The average Bonchev–Trinajstić information content (AvgIpc) is 2.50. The highest BCUT2D eigenvalue weighted by Gasteiger charge is 2.09. The molecule has 0 spiro atoms. The zero-order valence-corrected chi connectivity index (χ0v) is 9.36. The molecule has 1 unspecified atom stereocenters. The van der Waals surface area contributed by atoms with Crippen molar-refractivity contribution in [2.75, 3.05) is 27.2 Å². The Balaban J connectivity index is 2.36. The van der Waals surface area contributed by atoms with Gasteiger partial charge in [-0.3, -0.25) is 0 Å². The van der Waals surface area contributed by atoms with Crippen molar-refractivity contribution in [3.63, 3.8) is 0 Å². The van der Waals surface area contributed by atoms with Crippen molar-refractivity contribution < 1.29 is 0 Å². The van der Waals surface area contributed by atoms with Gasteiger partial charge in [-0.25, -0.2) is 0 Å². The Morgan fingerprint density at radius 2 is 2.29 bits per heavy atom. The van der Waals surface area contributed by atoms with Gasteiger partial charge in [0.15, 0.2) is 0 Å². The van der Waals surface area contributed by atoms with Gasteiger partial charge in [0.1, 0.15) is 12.2 Å². The fourth-order valence-electron chi connectivity index (χ4n) is 1.28. The third kappa shape index (κ3) is 3.08. The Hall–Kier alpha value is -0.940. The van der Waals surface area contributed by atoms with Gasteiger partial charge < -0.3 is 14.8 Å². The second-order valence-corrected chi connectivity index (χ2v) is 3.78. The van der Waals surface area contributed by atoms with Crippen LogP contribution in [0.1, 0.15) is 18.8 Å². The lowest BCUT2D eigenvalue weighted by Gasteiger charge is -2.15. The van der Waals surface area contributed by atoms with Crippen molar-refractivity contribution in [3.05, 3.63) is 12.2 Å². The number of aromatic nitrogens is 3. The number of rotatable bonds is 5. The minimum Gasteiger partial charge on any atom is -0.319 e. The van der Waals surface area contributed by atoms with Gasteiger partial charge in [-0.1, -0.05) is 0 Å². The third-order valence-corrected chi connectivity index (χ3v) is 2.14. The number of likely N-dealkylation sites (N-methyl/N-ethyl adjacent to an activating group) is 1. The maximum absolute atomic E-state index is 4.05. The van der Waals surface area contributed by atoms with E-state index in [0.29, 0.717) is 0 Å². The summed E-state index contributed by atoms with van der Waals surface area (Å²) < 4.78 is 1.94. The summed E-state index contributed by atoms with van der Waals surface area (Å²) in [4.78, 5) is 2.15. The van der Waals surface area contributed by atoms with E-state index in [9.17, 15) is 0 Å². The molecule has 5 heteroatoms. The number of nitrogens with zero attached hydrogens (tertiary/aromatic N) is 4. The molecule has 14 heavy (non-hydrogen) atoms. The van der Waals surface area contributed by atoms with Crippen molar-refractivity contribution in [1.29, 1.82) is 0 Å². The molecule has 0 fully saturated rings. The first-order chi connectivity index (χ1) is 6.61. The number of hydrogen-bond donors (Lipinski definition) is 1. The highest BCUT2D eigenvalue weighted by atomic mass is 15.3. The second-order valence-electron chi connectivity index (χ2n) is 3.78. The third-order valence-electron chi connectivity index (χ3n) is 2.14. The summed E-state index contributed by atoms with van der Waals surface area (Å²) in [7, 11) is 6.09. The van der Waals surface area contributed by atoms with E-state index in [1.807, 2.05) is 11.6 Å². The van der Waals surface area contributed by atoms with E-state index in [0.717, 1.165) is 18.9 Å². The molecule has 0 saturated carbocycles. The SMILES string of the molecule is CC(NCCN(C)C)c1nncn1C. The summed E-state index contributed by atoms with van der Waals surface area (Å²) in [5.41, 5.74) is 0. The smallest absolute Gasteiger partial charge is 0.149 e. The topological polar surface area (TPSA) is 46.0 Å². The summed E-state index contributed by atoms with van der Waals surface area (Å²) in [6.45, 7) is 4.09. The Bertz CT molecular complexity index is 268. The van der Waals surface area contributed by atoms with Gasteiger partial charge in [0.25, 0.3) is 0 Å². The quantitative estimate of drug-likeness (QED) is 0.723. The zero-order chi connectivity index (χ0) is 10.6. The molecule has 1 N–H and O–H groups in total. The summed E-state index contributed by atoms with van der Waals surface area (Å²) in [6, 6.07) is 0.252. The molecule has 0 aliphatic rings. The first kappa shape index (κ1) is 11.1. The van der Waals surface area contributed by atoms with Crippen LogP contribution in [-0.2, 0) is 7.05 Å². The number of nitrogens with one attached hydrogen (secondary N) is 1. The molecular formula is C9H19N5. The Labute approximate surface area is 85.1 Å². The molecule has 5 nitrogen and oxygen atoms in total. The lowest BCUT2D eigenvalue weighted by Crippen LogP contribution is -2.29. The monoisotopic (exact) mass is 197 g/mol. The van der Waals surface area contributed by atoms with Crippen LogP contribution in [-0.4, -0.2) is 46.8 Å². The minimum absolute atomic E-state index is 0.252. The molecule has 80 valence electrons. The zero-order valence-electron chi connectivity index (χ0n) is 9.36. The van der Waals surface area contributed by atoms with Gasteiger partial charge in [0, 0.05) is 20.1 Å². The fraction of sp³-hybridized carbons (Fsp3) is 0.778. The predicted octanol–water partition coefficient (Wildman–Crippen LogP) is 0.0273. The lowest BCUT2D eigenvalue weighted by atomic mass is 10.3. The largest absolute Gasteiger partial charge is 0.319 e. The van der Waals surface area contributed by atoms with E-state index in [-0.39, 0.29) is 6.04 Å². The molecule has 0 aliphatic carbocycles. The second kappa shape index (κ2) is 5.07. The summed E-state index contributed by atoms with van der Waals surface area (Å²) in [6.07, 6.45) is 1.72. The van der Waals surface area contributed by atoms with Crippen molar-refractivity contribution in [1.82, 2.24) is 25.0 Å². The van der Waals surface area contributed by atoms with Crippen molar-refractivity contribution in [2.24, 2.45) is 7.05 Å².